The van der Waals surface area contributed by atoms with Crippen LogP contribution in [0.1, 0.15) is 20.7 Å². The van der Waals surface area contributed by atoms with Crippen molar-refractivity contribution in [3.05, 3.63) is 145 Å². The van der Waals surface area contributed by atoms with Crippen LogP contribution in [0.25, 0.3) is 65.3 Å². The van der Waals surface area contributed by atoms with Gasteiger partial charge < -0.3 is 14.9 Å². The largest absolute Gasteiger partial charge is 0.478 e. The van der Waals surface area contributed by atoms with E-state index in [1.165, 1.54) is 0 Å². The minimum atomic E-state index is -0.938. The van der Waals surface area contributed by atoms with Gasteiger partial charge in [0.15, 0.2) is 0 Å². The molecule has 0 radical (unpaired) electrons. The van der Waals surface area contributed by atoms with Gasteiger partial charge in [-0.2, -0.15) is 0 Å². The van der Waals surface area contributed by atoms with E-state index in [0.717, 1.165) is 75.9 Å². The molecule has 0 spiro atoms. The maximum atomic E-state index is 11.9. The summed E-state index contributed by atoms with van der Waals surface area (Å²) in [5, 5.41) is 27.0. The Morgan fingerprint density at radius 2 is 0.896 bits per heavy atom. The molecule has 1 aliphatic heterocycles. The lowest BCUT2D eigenvalue weighted by Gasteiger charge is -2.23. The standard InChI is InChI=1S/C42H24O5S/c43-41(44)35-17-15-27(31-5-1-3-7-33(31)35)23-9-13-29-25(21-23)11-19-37-39(29)48-40-30-14-10-24(22-26(30)12-20-38(40)47-37)28-16-18-36(42(45)46)34-8-4-2-6-32(28)34/h1-22H,(H,43,44)(H,45,46). The van der Waals surface area contributed by atoms with Crippen LogP contribution in [-0.2, 0) is 0 Å². The molecular weight excluding hydrogens is 617 g/mol. The van der Waals surface area contributed by atoms with Crippen LogP contribution in [-0.4, -0.2) is 22.2 Å². The van der Waals surface area contributed by atoms with Crippen molar-refractivity contribution in [3.8, 4) is 33.8 Å². The second-order valence-corrected chi connectivity index (χ2v) is 12.9. The third-order valence-electron chi connectivity index (χ3n) is 9.22. The van der Waals surface area contributed by atoms with Crippen molar-refractivity contribution in [1.29, 1.82) is 0 Å². The quantitative estimate of drug-likeness (QED) is 0.199. The summed E-state index contributed by atoms with van der Waals surface area (Å²) in [4.78, 5) is 25.8. The van der Waals surface area contributed by atoms with E-state index in [1.807, 2.05) is 72.8 Å². The van der Waals surface area contributed by atoms with Crippen LogP contribution in [0.15, 0.2) is 143 Å². The molecule has 8 aromatic carbocycles. The van der Waals surface area contributed by atoms with E-state index in [-0.39, 0.29) is 0 Å². The maximum Gasteiger partial charge on any atom is 0.336 e. The van der Waals surface area contributed by atoms with Gasteiger partial charge in [-0.25, -0.2) is 9.59 Å². The minimum Gasteiger partial charge on any atom is -0.478 e. The molecule has 0 amide bonds. The lowest BCUT2D eigenvalue weighted by Crippen LogP contribution is -1.98. The van der Waals surface area contributed by atoms with Crippen molar-refractivity contribution in [2.45, 2.75) is 9.79 Å². The van der Waals surface area contributed by atoms with Crippen molar-refractivity contribution in [2.75, 3.05) is 0 Å². The molecule has 1 heterocycles. The lowest BCUT2D eigenvalue weighted by atomic mass is 9.93. The summed E-state index contributed by atoms with van der Waals surface area (Å²) in [7, 11) is 0. The Balaban J connectivity index is 1.12. The third-order valence-corrected chi connectivity index (χ3v) is 10.5. The van der Waals surface area contributed by atoms with Gasteiger partial charge in [-0.3, -0.25) is 0 Å². The molecule has 5 nitrogen and oxygen atoms in total. The number of fused-ring (bicyclic) bond motifs is 8. The summed E-state index contributed by atoms with van der Waals surface area (Å²) >= 11 is 1.70. The van der Waals surface area contributed by atoms with Crippen LogP contribution in [0, 0.1) is 0 Å². The van der Waals surface area contributed by atoms with Crippen LogP contribution in [0.5, 0.6) is 11.5 Å². The highest BCUT2D eigenvalue weighted by Crippen LogP contribution is 2.53. The Bertz CT molecular complexity index is 2510. The van der Waals surface area contributed by atoms with Crippen molar-refractivity contribution in [3.63, 3.8) is 0 Å². The highest BCUT2D eigenvalue weighted by Gasteiger charge is 2.23. The fourth-order valence-corrected chi connectivity index (χ4v) is 8.18. The van der Waals surface area contributed by atoms with Gasteiger partial charge in [0.25, 0.3) is 0 Å². The van der Waals surface area contributed by atoms with Crippen molar-refractivity contribution in [2.24, 2.45) is 0 Å². The third kappa shape index (κ3) is 4.34. The molecule has 228 valence electrons. The summed E-state index contributed by atoms with van der Waals surface area (Å²) in [6, 6.07) is 43.3. The molecule has 0 saturated carbocycles. The molecule has 6 heteroatoms. The monoisotopic (exact) mass is 640 g/mol. The Morgan fingerprint density at radius 1 is 0.458 bits per heavy atom. The predicted molar refractivity (Wildman–Crippen MR) is 192 cm³/mol. The second-order valence-electron chi connectivity index (χ2n) is 11.9. The number of hydrogen-bond donors (Lipinski definition) is 2. The first kappa shape index (κ1) is 28.1. The van der Waals surface area contributed by atoms with E-state index in [9.17, 15) is 19.8 Å². The van der Waals surface area contributed by atoms with Gasteiger partial charge in [0.2, 0.25) is 0 Å². The molecule has 1 aliphatic rings. The first-order valence-corrected chi connectivity index (χ1v) is 16.3. The molecule has 48 heavy (non-hydrogen) atoms. The van der Waals surface area contributed by atoms with Crippen molar-refractivity contribution < 1.29 is 24.5 Å². The number of carbonyl (C=O) groups is 2. The van der Waals surface area contributed by atoms with E-state index in [0.29, 0.717) is 21.9 Å². The van der Waals surface area contributed by atoms with Gasteiger partial charge in [-0.1, -0.05) is 109 Å². The molecule has 0 aliphatic carbocycles. The summed E-state index contributed by atoms with van der Waals surface area (Å²) in [6.45, 7) is 0. The van der Waals surface area contributed by atoms with E-state index in [1.54, 1.807) is 23.9 Å². The number of hydrogen-bond acceptors (Lipinski definition) is 4. The average molecular weight is 641 g/mol. The predicted octanol–water partition coefficient (Wildman–Crippen LogP) is 11.3. The molecule has 0 aromatic heterocycles. The molecule has 0 unspecified atom stereocenters. The molecule has 0 saturated heterocycles. The van der Waals surface area contributed by atoms with E-state index in [4.69, 9.17) is 4.74 Å². The topological polar surface area (TPSA) is 83.8 Å². The second kappa shape index (κ2) is 10.7. The molecular formula is C42H24O5S. The summed E-state index contributed by atoms with van der Waals surface area (Å²) in [5.41, 5.74) is 4.58. The van der Waals surface area contributed by atoms with Crippen LogP contribution in [0.4, 0.5) is 0 Å². The smallest absolute Gasteiger partial charge is 0.336 e. The van der Waals surface area contributed by atoms with E-state index in [2.05, 4.69) is 48.5 Å². The normalized spacial score (nSPS) is 12.2. The lowest BCUT2D eigenvalue weighted by molar-refractivity contribution is 0.0688. The van der Waals surface area contributed by atoms with Crippen LogP contribution in [0.3, 0.4) is 0 Å². The maximum absolute atomic E-state index is 11.9. The molecule has 0 fully saturated rings. The Morgan fingerprint density at radius 3 is 1.33 bits per heavy atom. The summed E-state index contributed by atoms with van der Waals surface area (Å²) in [5.74, 6) is -0.256. The average Bonchev–Trinajstić information content (AvgIpc) is 3.12. The summed E-state index contributed by atoms with van der Waals surface area (Å²) < 4.78 is 6.48. The molecule has 9 rings (SSSR count). The van der Waals surface area contributed by atoms with Gasteiger partial charge >= 0.3 is 11.9 Å². The number of aromatic carboxylic acids is 2. The van der Waals surface area contributed by atoms with Gasteiger partial charge in [-0.05, 0) is 102 Å². The van der Waals surface area contributed by atoms with Gasteiger partial charge in [0.05, 0.1) is 20.9 Å². The fraction of sp³-hybridized carbons (Fsp3) is 0. The molecule has 0 bridgehead atoms. The Hall–Kier alpha value is -6.11. The number of carboxylic acid groups (broad SMARTS) is 2. The molecule has 0 atom stereocenters. The fourth-order valence-electron chi connectivity index (χ4n) is 6.96. The number of carboxylic acids is 2. The van der Waals surface area contributed by atoms with Gasteiger partial charge in [0, 0.05) is 0 Å². The van der Waals surface area contributed by atoms with Gasteiger partial charge in [0.1, 0.15) is 11.5 Å². The number of benzene rings is 8. The van der Waals surface area contributed by atoms with Gasteiger partial charge in [-0.15, -0.1) is 0 Å². The number of ether oxygens (including phenoxy) is 1. The van der Waals surface area contributed by atoms with E-state index >= 15 is 0 Å². The Labute approximate surface area is 278 Å². The minimum absolute atomic E-state index is 0.292. The van der Waals surface area contributed by atoms with E-state index < -0.39 is 11.9 Å². The Kier molecular flexibility index (Phi) is 6.29. The van der Waals surface area contributed by atoms with Crippen molar-refractivity contribution in [1.82, 2.24) is 0 Å². The van der Waals surface area contributed by atoms with Crippen LogP contribution in [0.2, 0.25) is 0 Å². The zero-order chi connectivity index (χ0) is 32.5. The first-order chi connectivity index (χ1) is 23.4. The SMILES string of the molecule is O=C(O)c1ccc(-c2ccc3c4c(ccc3c2)Oc2ccc3cc(-c5ccc(C(=O)O)c6ccccc56)ccc3c2S4)c2ccccc12. The first-order valence-electron chi connectivity index (χ1n) is 15.4. The highest BCUT2D eigenvalue weighted by molar-refractivity contribution is 8.00. The number of rotatable bonds is 4. The highest BCUT2D eigenvalue weighted by atomic mass is 32.2. The summed E-state index contributed by atoms with van der Waals surface area (Å²) in [6.07, 6.45) is 0. The zero-order valence-electron chi connectivity index (χ0n) is 25.2. The van der Waals surface area contributed by atoms with Crippen LogP contribution < -0.4 is 4.74 Å². The molecule has 8 aromatic rings. The molecule has 2 N–H and O–H groups in total. The zero-order valence-corrected chi connectivity index (χ0v) is 26.0. The van der Waals surface area contributed by atoms with Crippen LogP contribution >= 0.6 is 11.8 Å². The van der Waals surface area contributed by atoms with Crippen molar-refractivity contribution >= 4 is 66.8 Å².